The Morgan fingerprint density at radius 1 is 0.565 bits per heavy atom. The molecule has 2 N–H and O–H groups in total. The van der Waals surface area contributed by atoms with Crippen LogP contribution in [0.4, 0.5) is 0 Å². The molecule has 0 spiro atoms. The molecule has 0 radical (unpaired) electrons. The second-order valence-corrected chi connectivity index (χ2v) is 21.0. The maximum atomic E-state index is 12.9. The van der Waals surface area contributed by atoms with Crippen LogP contribution in [0, 0.1) is 0 Å². The number of phosphoric acid groups is 1. The Morgan fingerprint density at radius 3 is 1.34 bits per heavy atom. The minimum atomic E-state index is -4.57. The number of allylic oxidation sites excluding steroid dienone is 4. The van der Waals surface area contributed by atoms with Crippen molar-refractivity contribution in [1.82, 2.24) is 5.32 Å². The first-order chi connectivity index (χ1) is 30.0. The van der Waals surface area contributed by atoms with E-state index in [0.717, 1.165) is 51.4 Å². The van der Waals surface area contributed by atoms with Gasteiger partial charge in [0.2, 0.25) is 5.91 Å². The summed E-state index contributed by atoms with van der Waals surface area (Å²) in [6.07, 6.45) is 54.8. The lowest BCUT2D eigenvalue weighted by atomic mass is 10.0. The van der Waals surface area contributed by atoms with Crippen molar-refractivity contribution in [3.63, 3.8) is 0 Å². The van der Waals surface area contributed by atoms with Crippen LogP contribution in [0.3, 0.4) is 0 Å². The van der Waals surface area contributed by atoms with E-state index in [4.69, 9.17) is 9.05 Å². The van der Waals surface area contributed by atoms with Gasteiger partial charge in [-0.05, 0) is 38.5 Å². The number of aliphatic hydroxyl groups is 1. The summed E-state index contributed by atoms with van der Waals surface area (Å²) in [7, 11) is 1.30. The molecular formula is C53H105N2O6P. The standard InChI is InChI=1S/C53H105N2O6P/c1-6-8-10-12-14-16-18-20-22-23-24-25-26-27-28-29-30-31-33-34-36-38-40-42-44-46-52(56)51(50-61-62(58,59)60-49-48-55(3,4)5)54-53(57)47-45-43-41-39-37-35-32-21-19-17-15-13-11-9-7-2/h15,17,19,21,51-52,56H,6-14,16,18,20,22-50H2,1-5H3,(H-,54,57,58,59)/b17-15-,21-19-. The fraction of sp³-hybridized carbons (Fsp3) is 0.906. The molecule has 1 amide bonds. The number of carbonyl (C=O) groups is 1. The average Bonchev–Trinajstić information content (AvgIpc) is 3.23. The zero-order chi connectivity index (χ0) is 45.7. The predicted octanol–water partition coefficient (Wildman–Crippen LogP) is 15.0. The third-order valence-electron chi connectivity index (χ3n) is 12.2. The maximum Gasteiger partial charge on any atom is 0.268 e. The van der Waals surface area contributed by atoms with Gasteiger partial charge in [-0.2, -0.15) is 0 Å². The van der Waals surface area contributed by atoms with Gasteiger partial charge in [0.15, 0.2) is 0 Å². The fourth-order valence-electron chi connectivity index (χ4n) is 7.97. The molecule has 0 aliphatic rings. The topological polar surface area (TPSA) is 108 Å². The first-order valence-electron chi connectivity index (χ1n) is 26.7. The van der Waals surface area contributed by atoms with Gasteiger partial charge in [0, 0.05) is 6.42 Å². The normalized spacial score (nSPS) is 14.2. The van der Waals surface area contributed by atoms with Crippen LogP contribution in [0.5, 0.6) is 0 Å². The van der Waals surface area contributed by atoms with Crippen molar-refractivity contribution in [2.45, 2.75) is 270 Å². The minimum absolute atomic E-state index is 0.0106. The minimum Gasteiger partial charge on any atom is -0.756 e. The summed E-state index contributed by atoms with van der Waals surface area (Å²) < 4.78 is 23.4. The molecule has 0 aromatic rings. The number of carbonyl (C=O) groups excluding carboxylic acids is 1. The van der Waals surface area contributed by atoms with Gasteiger partial charge in [0.25, 0.3) is 7.82 Å². The van der Waals surface area contributed by atoms with Gasteiger partial charge in [-0.1, -0.05) is 237 Å². The first kappa shape index (κ1) is 61.0. The second kappa shape index (κ2) is 45.1. The number of aliphatic hydroxyl groups excluding tert-OH is 1. The molecule has 0 aliphatic heterocycles. The van der Waals surface area contributed by atoms with Gasteiger partial charge in [-0.3, -0.25) is 9.36 Å². The molecule has 9 heteroatoms. The van der Waals surface area contributed by atoms with Crippen LogP contribution in [0.1, 0.15) is 258 Å². The quantitative estimate of drug-likeness (QED) is 0.0273. The number of nitrogens with zero attached hydrogens (tertiary/aromatic N) is 1. The van der Waals surface area contributed by atoms with Crippen molar-refractivity contribution < 1.29 is 32.9 Å². The number of quaternary nitrogens is 1. The largest absolute Gasteiger partial charge is 0.756 e. The molecular weight excluding hydrogens is 792 g/mol. The van der Waals surface area contributed by atoms with Gasteiger partial charge in [0.05, 0.1) is 39.9 Å². The highest BCUT2D eigenvalue weighted by molar-refractivity contribution is 7.45. The Labute approximate surface area is 385 Å². The summed E-state index contributed by atoms with van der Waals surface area (Å²) in [5.41, 5.74) is 0. The SMILES string of the molecule is CCCCC/C=C\C=C/CCCCCCCCC(=O)NC(COP(=O)([O-])OCC[N+](C)(C)C)C(O)CCCCCCCCCCCCCCCCCCCCCCCCCCC. The molecule has 0 aromatic carbocycles. The van der Waals surface area contributed by atoms with Crippen LogP contribution in [0.25, 0.3) is 0 Å². The molecule has 0 aromatic heterocycles. The smallest absolute Gasteiger partial charge is 0.268 e. The summed E-state index contributed by atoms with van der Waals surface area (Å²) in [5, 5.41) is 14.0. The molecule has 8 nitrogen and oxygen atoms in total. The van der Waals surface area contributed by atoms with Crippen molar-refractivity contribution in [1.29, 1.82) is 0 Å². The van der Waals surface area contributed by atoms with Crippen LogP contribution < -0.4 is 10.2 Å². The Kier molecular flexibility index (Phi) is 44.4. The van der Waals surface area contributed by atoms with E-state index in [0.29, 0.717) is 23.9 Å². The Morgan fingerprint density at radius 2 is 0.919 bits per heavy atom. The third-order valence-corrected chi connectivity index (χ3v) is 13.2. The van der Waals surface area contributed by atoms with Gasteiger partial charge in [-0.25, -0.2) is 0 Å². The Bertz CT molecular complexity index is 1060. The number of hydrogen-bond acceptors (Lipinski definition) is 6. The summed E-state index contributed by atoms with van der Waals surface area (Å²) in [6.45, 7) is 4.71. The Hall–Kier alpha value is -1.02. The molecule has 0 rings (SSSR count). The van der Waals surface area contributed by atoms with Crippen LogP contribution in [-0.4, -0.2) is 68.5 Å². The van der Waals surface area contributed by atoms with Crippen LogP contribution >= 0.6 is 7.82 Å². The molecule has 0 bridgehead atoms. The van der Waals surface area contributed by atoms with E-state index >= 15 is 0 Å². The van der Waals surface area contributed by atoms with E-state index in [-0.39, 0.29) is 19.1 Å². The molecule has 0 saturated carbocycles. The average molecular weight is 897 g/mol. The highest BCUT2D eigenvalue weighted by Crippen LogP contribution is 2.38. The number of rotatable bonds is 49. The maximum absolute atomic E-state index is 12.9. The molecule has 0 aliphatic carbocycles. The van der Waals surface area contributed by atoms with E-state index in [9.17, 15) is 19.4 Å². The van der Waals surface area contributed by atoms with Crippen molar-refractivity contribution in [2.24, 2.45) is 0 Å². The van der Waals surface area contributed by atoms with E-state index in [1.165, 1.54) is 180 Å². The van der Waals surface area contributed by atoms with Crippen molar-refractivity contribution in [3.8, 4) is 0 Å². The lowest BCUT2D eigenvalue weighted by Crippen LogP contribution is -2.46. The van der Waals surface area contributed by atoms with Crippen molar-refractivity contribution in [3.05, 3.63) is 24.3 Å². The molecule has 0 heterocycles. The van der Waals surface area contributed by atoms with Crippen molar-refractivity contribution in [2.75, 3.05) is 40.9 Å². The molecule has 62 heavy (non-hydrogen) atoms. The van der Waals surface area contributed by atoms with Gasteiger partial charge < -0.3 is 28.8 Å². The van der Waals surface area contributed by atoms with Crippen LogP contribution in [0.15, 0.2) is 24.3 Å². The third kappa shape index (κ3) is 47.0. The van der Waals surface area contributed by atoms with Crippen LogP contribution in [0.2, 0.25) is 0 Å². The monoisotopic (exact) mass is 897 g/mol. The van der Waals surface area contributed by atoms with Gasteiger partial charge in [0.1, 0.15) is 13.2 Å². The van der Waals surface area contributed by atoms with E-state index < -0.39 is 20.0 Å². The fourth-order valence-corrected chi connectivity index (χ4v) is 8.70. The number of nitrogens with one attached hydrogen (secondary N) is 1. The predicted molar refractivity (Wildman–Crippen MR) is 265 cm³/mol. The highest BCUT2D eigenvalue weighted by Gasteiger charge is 2.24. The first-order valence-corrected chi connectivity index (χ1v) is 28.2. The molecule has 368 valence electrons. The van der Waals surface area contributed by atoms with E-state index in [1.54, 1.807) is 0 Å². The molecule has 0 saturated heterocycles. The van der Waals surface area contributed by atoms with E-state index in [2.05, 4.69) is 43.5 Å². The lowest BCUT2D eigenvalue weighted by Gasteiger charge is -2.30. The second-order valence-electron chi connectivity index (χ2n) is 19.6. The summed E-state index contributed by atoms with van der Waals surface area (Å²) in [5.74, 6) is -0.174. The zero-order valence-corrected chi connectivity index (χ0v) is 42.7. The number of likely N-dealkylation sites (N-methyl/N-ethyl adjacent to an activating group) is 1. The number of amides is 1. The van der Waals surface area contributed by atoms with Crippen LogP contribution in [-0.2, 0) is 18.4 Å². The number of phosphoric ester groups is 1. The Balaban J connectivity index is 4.17. The summed E-state index contributed by atoms with van der Waals surface area (Å²) >= 11 is 0. The summed E-state index contributed by atoms with van der Waals surface area (Å²) in [4.78, 5) is 25.4. The number of hydrogen-bond donors (Lipinski definition) is 2. The summed E-state index contributed by atoms with van der Waals surface area (Å²) in [6, 6.07) is -0.805. The lowest BCUT2D eigenvalue weighted by molar-refractivity contribution is -0.870. The van der Waals surface area contributed by atoms with Gasteiger partial charge in [-0.15, -0.1) is 0 Å². The highest BCUT2D eigenvalue weighted by atomic mass is 31.2. The van der Waals surface area contributed by atoms with Gasteiger partial charge >= 0.3 is 0 Å². The molecule has 3 atom stereocenters. The van der Waals surface area contributed by atoms with E-state index in [1.807, 2.05) is 21.1 Å². The van der Waals surface area contributed by atoms with Crippen molar-refractivity contribution >= 4 is 13.7 Å². The zero-order valence-electron chi connectivity index (χ0n) is 41.8. The molecule has 3 unspecified atom stereocenters. The number of unbranched alkanes of at least 4 members (excludes halogenated alkanes) is 33. The molecule has 0 fully saturated rings.